The molecular formula is C28H29F6NO3. The van der Waals surface area contributed by atoms with E-state index in [2.05, 4.69) is 0 Å². The number of aliphatic hydroxyl groups excluding tert-OH is 2. The van der Waals surface area contributed by atoms with Gasteiger partial charge in [-0.25, -0.2) is 0 Å². The number of rotatable bonds is 10. The summed E-state index contributed by atoms with van der Waals surface area (Å²) >= 11 is 0. The molecule has 3 aromatic rings. The van der Waals surface area contributed by atoms with Crippen LogP contribution in [0.5, 0.6) is 0 Å². The van der Waals surface area contributed by atoms with Gasteiger partial charge in [0.1, 0.15) is 0 Å². The third-order valence-corrected chi connectivity index (χ3v) is 6.44. The molecule has 0 aliphatic rings. The zero-order valence-electron chi connectivity index (χ0n) is 20.9. The molecule has 4 nitrogen and oxygen atoms in total. The number of nitrogens with zero attached hydrogens (tertiary/aromatic N) is 1. The summed E-state index contributed by atoms with van der Waals surface area (Å²) in [6.07, 6.45) is -11.5. The highest BCUT2D eigenvalue weighted by atomic mass is 19.4. The molecule has 206 valence electrons. The van der Waals surface area contributed by atoms with Gasteiger partial charge in [-0.05, 0) is 52.3 Å². The number of anilines is 1. The Morgan fingerprint density at radius 3 is 1.97 bits per heavy atom. The van der Waals surface area contributed by atoms with E-state index in [4.69, 9.17) is 0 Å². The second kappa shape index (κ2) is 11.3. The van der Waals surface area contributed by atoms with Crippen molar-refractivity contribution in [2.75, 3.05) is 4.90 Å². The highest BCUT2D eigenvalue weighted by molar-refractivity contribution is 5.77. The van der Waals surface area contributed by atoms with Crippen LogP contribution in [0.25, 0.3) is 11.1 Å². The number of alkyl halides is 6. The lowest BCUT2D eigenvalue weighted by Gasteiger charge is -2.43. The van der Waals surface area contributed by atoms with E-state index >= 15 is 4.39 Å². The van der Waals surface area contributed by atoms with Crippen molar-refractivity contribution in [3.8, 4) is 11.1 Å². The Morgan fingerprint density at radius 1 is 0.816 bits per heavy atom. The van der Waals surface area contributed by atoms with E-state index in [-0.39, 0.29) is 39.1 Å². The molecule has 10 heteroatoms. The van der Waals surface area contributed by atoms with Crippen molar-refractivity contribution in [1.82, 2.24) is 0 Å². The van der Waals surface area contributed by atoms with Gasteiger partial charge in [0, 0.05) is 12.2 Å². The lowest BCUT2D eigenvalue weighted by molar-refractivity contribution is -0.368. The Hall–Kier alpha value is -3.08. The SMILES string of the molecule is CCCc1c(-c2ccccc2)ccc(C)c1N(Cc1ccc(CO)c(CO)c1)C(F)(C(O)(F)F)C(F)(F)F. The maximum Gasteiger partial charge on any atom is 0.451 e. The van der Waals surface area contributed by atoms with E-state index in [1.54, 1.807) is 43.3 Å². The van der Waals surface area contributed by atoms with Crippen molar-refractivity contribution in [3.05, 3.63) is 88.5 Å². The average molecular weight is 542 g/mol. The van der Waals surface area contributed by atoms with Crippen molar-refractivity contribution >= 4 is 5.69 Å². The summed E-state index contributed by atoms with van der Waals surface area (Å²) in [5.74, 6) is -5.50. The minimum absolute atomic E-state index is 0.0475. The summed E-state index contributed by atoms with van der Waals surface area (Å²) in [5.41, 5.74) is 1.29. The zero-order chi connectivity index (χ0) is 28.3. The van der Waals surface area contributed by atoms with Crippen LogP contribution in [0.15, 0.2) is 60.7 Å². The molecule has 0 aliphatic heterocycles. The molecule has 0 heterocycles. The lowest BCUT2D eigenvalue weighted by Crippen LogP contribution is -2.66. The Labute approximate surface area is 216 Å². The van der Waals surface area contributed by atoms with Gasteiger partial charge >= 0.3 is 18.1 Å². The normalized spacial score (nSPS) is 13.9. The minimum Gasteiger partial charge on any atom is -0.392 e. The van der Waals surface area contributed by atoms with Gasteiger partial charge in [-0.3, -0.25) is 0 Å². The second-order valence-corrected chi connectivity index (χ2v) is 9.04. The van der Waals surface area contributed by atoms with Gasteiger partial charge in [0.2, 0.25) is 0 Å². The number of aliphatic hydroxyl groups is 3. The Bertz CT molecular complexity index is 1230. The molecule has 0 aliphatic carbocycles. The molecule has 1 unspecified atom stereocenters. The smallest absolute Gasteiger partial charge is 0.392 e. The predicted molar refractivity (Wildman–Crippen MR) is 132 cm³/mol. The van der Waals surface area contributed by atoms with Gasteiger partial charge in [-0.2, -0.15) is 26.3 Å². The minimum atomic E-state index is -6.21. The third-order valence-electron chi connectivity index (χ3n) is 6.44. The molecule has 3 aromatic carbocycles. The topological polar surface area (TPSA) is 63.9 Å². The summed E-state index contributed by atoms with van der Waals surface area (Å²) in [6, 6.07) is 15.4. The first-order valence-corrected chi connectivity index (χ1v) is 11.9. The van der Waals surface area contributed by atoms with E-state index in [9.17, 15) is 37.3 Å². The molecule has 0 amide bonds. The van der Waals surface area contributed by atoms with E-state index < -0.39 is 43.5 Å². The number of benzene rings is 3. The maximum atomic E-state index is 16.0. The van der Waals surface area contributed by atoms with Crippen LogP contribution in [0.4, 0.5) is 32.0 Å². The molecule has 0 fully saturated rings. The van der Waals surface area contributed by atoms with Gasteiger partial charge in [-0.1, -0.05) is 74.0 Å². The molecule has 0 aromatic heterocycles. The fourth-order valence-electron chi connectivity index (χ4n) is 4.61. The Morgan fingerprint density at radius 2 is 1.45 bits per heavy atom. The van der Waals surface area contributed by atoms with Gasteiger partial charge in [0.05, 0.1) is 13.2 Å². The van der Waals surface area contributed by atoms with Gasteiger partial charge in [0.15, 0.2) is 0 Å². The standard InChI is InChI=1S/C28H29F6NO3/c1-3-7-24-23(20-8-5-4-6-9-20)13-10-18(2)25(24)35(26(29,27(30,31)32)28(33,34)38)15-19-11-12-21(16-36)22(14-19)17-37/h4-6,8-14,36-38H,3,7,15-17H2,1-2H3. The van der Waals surface area contributed by atoms with E-state index in [0.29, 0.717) is 17.5 Å². The average Bonchev–Trinajstić information content (AvgIpc) is 2.86. The summed E-state index contributed by atoms with van der Waals surface area (Å²) < 4.78 is 87.5. The molecule has 1 atom stereocenters. The Balaban J connectivity index is 2.39. The fourth-order valence-corrected chi connectivity index (χ4v) is 4.61. The molecule has 0 bridgehead atoms. The first-order valence-electron chi connectivity index (χ1n) is 11.9. The summed E-state index contributed by atoms with van der Waals surface area (Å²) in [6.45, 7) is 1.03. The van der Waals surface area contributed by atoms with Crippen molar-refractivity contribution in [3.63, 3.8) is 0 Å². The molecular weight excluding hydrogens is 512 g/mol. The van der Waals surface area contributed by atoms with Crippen molar-refractivity contribution in [1.29, 1.82) is 0 Å². The quantitative estimate of drug-likeness (QED) is 0.205. The van der Waals surface area contributed by atoms with Crippen LogP contribution >= 0.6 is 0 Å². The number of aryl methyl sites for hydroxylation is 1. The second-order valence-electron chi connectivity index (χ2n) is 9.04. The number of hydrogen-bond donors (Lipinski definition) is 3. The van der Waals surface area contributed by atoms with E-state index in [0.717, 1.165) is 0 Å². The van der Waals surface area contributed by atoms with Crippen LogP contribution in [0.2, 0.25) is 0 Å². The summed E-state index contributed by atoms with van der Waals surface area (Å²) in [7, 11) is 0. The maximum absolute atomic E-state index is 16.0. The zero-order valence-corrected chi connectivity index (χ0v) is 20.9. The molecule has 38 heavy (non-hydrogen) atoms. The van der Waals surface area contributed by atoms with Crippen LogP contribution in [0, 0.1) is 6.92 Å². The lowest BCUT2D eigenvalue weighted by atomic mass is 9.91. The Kier molecular flexibility index (Phi) is 8.80. The van der Waals surface area contributed by atoms with Crippen LogP contribution in [0.3, 0.4) is 0 Å². The molecule has 0 spiro atoms. The summed E-state index contributed by atoms with van der Waals surface area (Å²) in [5, 5.41) is 28.5. The van der Waals surface area contributed by atoms with Crippen LogP contribution in [-0.4, -0.2) is 33.4 Å². The summed E-state index contributed by atoms with van der Waals surface area (Å²) in [4.78, 5) is -0.130. The van der Waals surface area contributed by atoms with Crippen molar-refractivity contribution in [2.45, 2.75) is 64.5 Å². The monoisotopic (exact) mass is 541 g/mol. The largest absolute Gasteiger partial charge is 0.451 e. The molecule has 0 radical (unpaired) electrons. The number of halogens is 6. The predicted octanol–water partition coefficient (Wildman–Crippen LogP) is 6.42. The molecule has 0 saturated carbocycles. The van der Waals surface area contributed by atoms with E-state index in [1.165, 1.54) is 31.2 Å². The molecule has 3 rings (SSSR count). The first kappa shape index (κ1) is 29.5. The van der Waals surface area contributed by atoms with E-state index in [1.807, 2.05) is 0 Å². The van der Waals surface area contributed by atoms with Crippen molar-refractivity contribution < 1.29 is 41.7 Å². The first-order chi connectivity index (χ1) is 17.8. The van der Waals surface area contributed by atoms with Crippen LogP contribution in [0.1, 0.15) is 41.2 Å². The molecule has 3 N–H and O–H groups in total. The molecule has 0 saturated heterocycles. The third kappa shape index (κ3) is 5.52. The van der Waals surface area contributed by atoms with Crippen LogP contribution < -0.4 is 4.90 Å². The van der Waals surface area contributed by atoms with Gasteiger partial charge in [0.25, 0.3) is 0 Å². The number of hydrogen-bond acceptors (Lipinski definition) is 4. The van der Waals surface area contributed by atoms with Crippen molar-refractivity contribution in [2.24, 2.45) is 0 Å². The van der Waals surface area contributed by atoms with Crippen LogP contribution in [-0.2, 0) is 26.2 Å². The fraction of sp³-hybridized carbons (Fsp3) is 0.357. The highest BCUT2D eigenvalue weighted by Crippen LogP contribution is 2.51. The van der Waals surface area contributed by atoms with Gasteiger partial charge < -0.3 is 20.2 Å². The van der Waals surface area contributed by atoms with Gasteiger partial charge in [-0.15, -0.1) is 0 Å². The highest BCUT2D eigenvalue weighted by Gasteiger charge is 2.75.